The van der Waals surface area contributed by atoms with Gasteiger partial charge in [0.05, 0.1) is 17.6 Å². The van der Waals surface area contributed by atoms with Crippen molar-refractivity contribution >= 4 is 23.5 Å². The van der Waals surface area contributed by atoms with E-state index in [2.05, 4.69) is 10.5 Å². The van der Waals surface area contributed by atoms with E-state index in [1.807, 2.05) is 31.2 Å². The van der Waals surface area contributed by atoms with Crippen molar-refractivity contribution in [1.29, 1.82) is 0 Å². The topological polar surface area (TPSA) is 86.1 Å². The van der Waals surface area contributed by atoms with Crippen LogP contribution in [-0.2, 0) is 11.5 Å². The van der Waals surface area contributed by atoms with Gasteiger partial charge in [0.25, 0.3) is 5.91 Å². The van der Waals surface area contributed by atoms with Gasteiger partial charge >= 0.3 is 0 Å². The molecule has 1 aromatic carbocycles. The second kappa shape index (κ2) is 6.72. The zero-order valence-electron chi connectivity index (χ0n) is 15.0. The third-order valence-corrected chi connectivity index (χ3v) is 5.51. The third kappa shape index (κ3) is 2.91. The Bertz CT molecular complexity index is 1160. The molecule has 1 N–H and O–H groups in total. The van der Waals surface area contributed by atoms with E-state index >= 15 is 0 Å². The first-order valence-electron chi connectivity index (χ1n) is 8.76. The molecule has 0 saturated heterocycles. The molecule has 5 rings (SSSR count). The number of nitrogens with one attached hydrogen (secondary N) is 1. The first kappa shape index (κ1) is 16.9. The molecule has 0 fully saturated rings. The molecule has 7 nitrogen and oxygen atoms in total. The third-order valence-electron chi connectivity index (χ3n) is 4.54. The molecule has 1 aliphatic heterocycles. The Morgan fingerprint density at radius 1 is 1.18 bits per heavy atom. The number of anilines is 1. The molecule has 3 aromatic heterocycles. The number of nitrogens with zero attached hydrogens (tertiary/aromatic N) is 3. The fourth-order valence-electron chi connectivity index (χ4n) is 3.18. The van der Waals surface area contributed by atoms with Gasteiger partial charge in [0.2, 0.25) is 5.76 Å². The molecule has 0 atom stereocenters. The lowest BCUT2D eigenvalue weighted by Gasteiger charge is -2.10. The van der Waals surface area contributed by atoms with Crippen molar-refractivity contribution in [2.24, 2.45) is 0 Å². The highest BCUT2D eigenvalue weighted by molar-refractivity contribution is 7.98. The number of hydrogen-bond acceptors (Lipinski definition) is 6. The Morgan fingerprint density at radius 3 is 2.93 bits per heavy atom. The Kier molecular flexibility index (Phi) is 4.05. The van der Waals surface area contributed by atoms with Gasteiger partial charge in [-0.25, -0.2) is 4.68 Å². The molecule has 0 radical (unpaired) electrons. The summed E-state index contributed by atoms with van der Waals surface area (Å²) in [6.07, 6.45) is 1.54. The molecule has 1 amide bonds. The number of fused-ring (bicyclic) bond motifs is 1. The molecule has 4 heterocycles. The predicted octanol–water partition coefficient (Wildman–Crippen LogP) is 4.43. The largest absolute Gasteiger partial charge is 0.461 e. The van der Waals surface area contributed by atoms with Crippen molar-refractivity contribution in [2.45, 2.75) is 18.4 Å². The summed E-state index contributed by atoms with van der Waals surface area (Å²) in [5.74, 6) is 2.90. The fraction of sp³-hybridized carbons (Fsp3) is 0.150. The summed E-state index contributed by atoms with van der Waals surface area (Å²) in [4.78, 5) is 12.8. The van der Waals surface area contributed by atoms with Crippen LogP contribution >= 0.6 is 11.8 Å². The number of carbonyl (C=O) groups is 1. The van der Waals surface area contributed by atoms with E-state index in [1.54, 1.807) is 40.9 Å². The van der Waals surface area contributed by atoms with Gasteiger partial charge in [-0.2, -0.15) is 16.9 Å². The van der Waals surface area contributed by atoms with Gasteiger partial charge < -0.3 is 14.3 Å². The first-order chi connectivity index (χ1) is 13.7. The number of hydrogen-bond donors (Lipinski definition) is 1. The highest BCUT2D eigenvalue weighted by Gasteiger charge is 2.26. The highest BCUT2D eigenvalue weighted by Crippen LogP contribution is 2.36. The molecule has 0 saturated carbocycles. The summed E-state index contributed by atoms with van der Waals surface area (Å²) in [6.45, 7) is 2.03. The average Bonchev–Trinajstić information content (AvgIpc) is 3.46. The zero-order chi connectivity index (χ0) is 19.1. The monoisotopic (exact) mass is 392 g/mol. The fourth-order valence-corrected chi connectivity index (χ4v) is 4.21. The summed E-state index contributed by atoms with van der Waals surface area (Å²) in [6, 6.07) is 13.1. The normalized spacial score (nSPS) is 12.9. The van der Waals surface area contributed by atoms with Gasteiger partial charge in [0.1, 0.15) is 5.82 Å². The average molecular weight is 392 g/mol. The summed E-state index contributed by atoms with van der Waals surface area (Å²) < 4.78 is 12.3. The van der Waals surface area contributed by atoms with Crippen LogP contribution in [0.2, 0.25) is 0 Å². The lowest BCUT2D eigenvalue weighted by Crippen LogP contribution is -2.16. The molecule has 1 aliphatic rings. The lowest BCUT2D eigenvalue weighted by molar-refractivity contribution is 0.101. The standard InChI is InChI=1S/C20H16N4O3S/c1-12-4-2-5-13(8-12)24-19(14-10-28-11-16(14)22-24)21-20(25)15-9-18(27-23-15)17-6-3-7-26-17/h2-9H,10-11H2,1H3,(H,21,25). The van der Waals surface area contributed by atoms with E-state index < -0.39 is 0 Å². The second-order valence-corrected chi connectivity index (χ2v) is 7.51. The number of aryl methyl sites for hydroxylation is 1. The van der Waals surface area contributed by atoms with Crippen molar-refractivity contribution < 1.29 is 13.7 Å². The number of benzene rings is 1. The summed E-state index contributed by atoms with van der Waals surface area (Å²) in [5.41, 5.74) is 4.26. The Balaban J connectivity index is 1.49. The van der Waals surface area contributed by atoms with Crippen LogP contribution in [0.5, 0.6) is 0 Å². The molecule has 0 spiro atoms. The van der Waals surface area contributed by atoms with Gasteiger partial charge in [-0.15, -0.1) is 0 Å². The quantitative estimate of drug-likeness (QED) is 0.553. The molecule has 8 heteroatoms. The van der Waals surface area contributed by atoms with Crippen LogP contribution in [0, 0.1) is 6.92 Å². The van der Waals surface area contributed by atoms with Gasteiger partial charge in [-0.1, -0.05) is 17.3 Å². The van der Waals surface area contributed by atoms with E-state index in [-0.39, 0.29) is 11.6 Å². The molecule has 28 heavy (non-hydrogen) atoms. The van der Waals surface area contributed by atoms with Crippen LogP contribution in [0.3, 0.4) is 0 Å². The van der Waals surface area contributed by atoms with Gasteiger partial charge in [-0.3, -0.25) is 4.79 Å². The minimum atomic E-state index is -0.352. The maximum atomic E-state index is 12.8. The molecular formula is C20H16N4O3S. The van der Waals surface area contributed by atoms with E-state index in [1.165, 1.54) is 0 Å². The number of thioether (sulfide) groups is 1. The maximum absolute atomic E-state index is 12.8. The smallest absolute Gasteiger partial charge is 0.279 e. The lowest BCUT2D eigenvalue weighted by atomic mass is 10.2. The number of rotatable bonds is 4. The Labute approximate surface area is 164 Å². The van der Waals surface area contributed by atoms with Crippen LogP contribution < -0.4 is 5.32 Å². The maximum Gasteiger partial charge on any atom is 0.279 e. The summed E-state index contributed by atoms with van der Waals surface area (Å²) in [7, 11) is 0. The first-order valence-corrected chi connectivity index (χ1v) is 9.92. The molecule has 140 valence electrons. The van der Waals surface area contributed by atoms with E-state index in [0.717, 1.165) is 34.0 Å². The summed E-state index contributed by atoms with van der Waals surface area (Å²) in [5, 5.41) is 11.6. The number of aromatic nitrogens is 3. The van der Waals surface area contributed by atoms with E-state index in [9.17, 15) is 4.79 Å². The molecule has 0 unspecified atom stereocenters. The van der Waals surface area contributed by atoms with Gasteiger partial charge in [-0.05, 0) is 36.8 Å². The second-order valence-electron chi connectivity index (χ2n) is 6.53. The minimum Gasteiger partial charge on any atom is -0.461 e. The number of amides is 1. The van der Waals surface area contributed by atoms with Crippen molar-refractivity contribution in [3.63, 3.8) is 0 Å². The van der Waals surface area contributed by atoms with Crippen molar-refractivity contribution in [3.8, 4) is 17.2 Å². The van der Waals surface area contributed by atoms with Gasteiger partial charge in [0.15, 0.2) is 11.5 Å². The Morgan fingerprint density at radius 2 is 2.11 bits per heavy atom. The van der Waals surface area contributed by atoms with E-state index in [4.69, 9.17) is 14.0 Å². The van der Waals surface area contributed by atoms with Crippen LogP contribution in [0.1, 0.15) is 27.3 Å². The number of carbonyl (C=O) groups excluding carboxylic acids is 1. The number of furan rings is 1. The minimum absolute atomic E-state index is 0.183. The van der Waals surface area contributed by atoms with Crippen LogP contribution in [0.25, 0.3) is 17.2 Å². The van der Waals surface area contributed by atoms with Crippen molar-refractivity contribution in [3.05, 3.63) is 71.2 Å². The molecule has 0 aliphatic carbocycles. The van der Waals surface area contributed by atoms with Crippen LogP contribution in [-0.4, -0.2) is 20.8 Å². The van der Waals surface area contributed by atoms with Crippen LogP contribution in [0.15, 0.2) is 57.7 Å². The summed E-state index contributed by atoms with van der Waals surface area (Å²) >= 11 is 1.78. The molecule has 0 bridgehead atoms. The molecular weight excluding hydrogens is 376 g/mol. The van der Waals surface area contributed by atoms with Crippen molar-refractivity contribution in [2.75, 3.05) is 5.32 Å². The van der Waals surface area contributed by atoms with Crippen molar-refractivity contribution in [1.82, 2.24) is 14.9 Å². The molecule has 4 aromatic rings. The highest BCUT2D eigenvalue weighted by atomic mass is 32.2. The predicted molar refractivity (Wildman–Crippen MR) is 105 cm³/mol. The van der Waals surface area contributed by atoms with Crippen LogP contribution in [0.4, 0.5) is 5.82 Å². The SMILES string of the molecule is Cc1cccc(-n2nc3c(c2NC(=O)c2cc(-c4ccco4)on2)CSC3)c1. The zero-order valence-corrected chi connectivity index (χ0v) is 15.8. The van der Waals surface area contributed by atoms with Gasteiger partial charge in [0, 0.05) is 23.1 Å². The van der Waals surface area contributed by atoms with E-state index in [0.29, 0.717) is 17.3 Å². The Hall–Kier alpha value is -3.26.